The van der Waals surface area contributed by atoms with Gasteiger partial charge in [-0.2, -0.15) is 16.1 Å². The van der Waals surface area contributed by atoms with Gasteiger partial charge in [0.25, 0.3) is 0 Å². The molecule has 0 N–H and O–H groups in total. The maximum absolute atomic E-state index is 12.9. The van der Waals surface area contributed by atoms with E-state index in [1.165, 1.54) is 4.31 Å². The summed E-state index contributed by atoms with van der Waals surface area (Å²) in [7, 11) is -3.72. The minimum Gasteiger partial charge on any atom is -0.465 e. The molecule has 0 radical (unpaired) electrons. The van der Waals surface area contributed by atoms with Crippen molar-refractivity contribution < 1.29 is 17.9 Å². The molecular formula is C14H18BrNO4S2. The minimum atomic E-state index is -3.72. The summed E-state index contributed by atoms with van der Waals surface area (Å²) in [4.78, 5) is 12.3. The van der Waals surface area contributed by atoms with Crippen molar-refractivity contribution >= 4 is 43.7 Å². The van der Waals surface area contributed by atoms with Gasteiger partial charge in [0.2, 0.25) is 10.0 Å². The number of benzene rings is 1. The number of rotatable bonds is 4. The van der Waals surface area contributed by atoms with Crippen molar-refractivity contribution in [3.05, 3.63) is 28.2 Å². The van der Waals surface area contributed by atoms with Gasteiger partial charge < -0.3 is 4.74 Å². The number of esters is 1. The van der Waals surface area contributed by atoms with E-state index in [9.17, 15) is 13.2 Å². The lowest BCUT2D eigenvalue weighted by Gasteiger charge is -2.32. The van der Waals surface area contributed by atoms with Gasteiger partial charge in [-0.3, -0.25) is 4.79 Å². The molecule has 8 heteroatoms. The average Bonchev–Trinajstić information content (AvgIpc) is 2.50. The van der Waals surface area contributed by atoms with Crippen molar-refractivity contribution in [2.24, 2.45) is 0 Å². The van der Waals surface area contributed by atoms with Gasteiger partial charge >= 0.3 is 5.97 Å². The zero-order valence-corrected chi connectivity index (χ0v) is 15.6. The monoisotopic (exact) mass is 407 g/mol. The molecule has 1 unspecified atom stereocenters. The predicted molar refractivity (Wildman–Crippen MR) is 90.5 cm³/mol. The van der Waals surface area contributed by atoms with Gasteiger partial charge in [0, 0.05) is 22.5 Å². The molecule has 1 fully saturated rings. The molecule has 1 aliphatic heterocycles. The summed E-state index contributed by atoms with van der Waals surface area (Å²) >= 11 is 4.93. The second kappa shape index (κ2) is 7.33. The van der Waals surface area contributed by atoms with Crippen molar-refractivity contribution in [3.63, 3.8) is 0 Å². The van der Waals surface area contributed by atoms with Crippen LogP contribution in [0.3, 0.4) is 0 Å². The number of hydrogen-bond acceptors (Lipinski definition) is 5. The van der Waals surface area contributed by atoms with Crippen molar-refractivity contribution in [3.8, 4) is 0 Å². The highest BCUT2D eigenvalue weighted by Crippen LogP contribution is 2.27. The average molecular weight is 408 g/mol. The Labute approximate surface area is 143 Å². The fourth-order valence-electron chi connectivity index (χ4n) is 2.21. The quantitative estimate of drug-likeness (QED) is 0.717. The summed E-state index contributed by atoms with van der Waals surface area (Å²) < 4.78 is 32.9. The minimum absolute atomic E-state index is 0.203. The number of nitrogens with zero attached hydrogens (tertiary/aromatic N) is 1. The van der Waals surface area contributed by atoms with Crippen LogP contribution in [0, 0.1) is 6.92 Å². The van der Waals surface area contributed by atoms with Gasteiger partial charge in [-0.1, -0.05) is 15.9 Å². The van der Waals surface area contributed by atoms with E-state index in [1.807, 2.05) is 6.92 Å². The molecule has 5 nitrogen and oxygen atoms in total. The second-order valence-corrected chi connectivity index (χ2v) is 8.76. The van der Waals surface area contributed by atoms with Crippen LogP contribution in [0.25, 0.3) is 0 Å². The van der Waals surface area contributed by atoms with E-state index in [0.717, 1.165) is 10.0 Å². The van der Waals surface area contributed by atoms with Crippen LogP contribution in [-0.4, -0.2) is 49.4 Å². The number of sulfonamides is 1. The summed E-state index contributed by atoms with van der Waals surface area (Å²) in [5, 5.41) is 0. The first-order chi connectivity index (χ1) is 10.4. The molecule has 0 bridgehead atoms. The molecule has 2 rings (SSSR count). The molecule has 0 aromatic heterocycles. The maximum atomic E-state index is 12.9. The van der Waals surface area contributed by atoms with E-state index < -0.39 is 22.0 Å². The Morgan fingerprint density at radius 3 is 2.86 bits per heavy atom. The fraction of sp³-hybridized carbons (Fsp3) is 0.500. The van der Waals surface area contributed by atoms with E-state index in [2.05, 4.69) is 15.9 Å². The predicted octanol–water partition coefficient (Wildman–Crippen LogP) is 2.43. The Kier molecular flexibility index (Phi) is 5.93. The zero-order valence-electron chi connectivity index (χ0n) is 12.4. The number of aryl methyl sites for hydroxylation is 1. The number of carbonyl (C=O) groups is 1. The van der Waals surface area contributed by atoms with Crippen molar-refractivity contribution in [2.75, 3.05) is 24.7 Å². The highest BCUT2D eigenvalue weighted by Gasteiger charge is 2.38. The molecule has 0 aliphatic carbocycles. The molecule has 0 spiro atoms. The maximum Gasteiger partial charge on any atom is 0.325 e. The van der Waals surface area contributed by atoms with E-state index in [4.69, 9.17) is 4.74 Å². The Bertz CT molecular complexity index is 663. The first kappa shape index (κ1) is 17.8. The Hall–Kier alpha value is -0.570. The Morgan fingerprint density at radius 2 is 2.23 bits per heavy atom. The van der Waals surface area contributed by atoms with E-state index in [-0.39, 0.29) is 11.5 Å². The molecule has 1 aromatic carbocycles. The van der Waals surface area contributed by atoms with Crippen LogP contribution in [0.15, 0.2) is 27.6 Å². The largest absolute Gasteiger partial charge is 0.465 e. The molecule has 1 aliphatic rings. The van der Waals surface area contributed by atoms with Crippen LogP contribution in [-0.2, 0) is 19.6 Å². The summed E-state index contributed by atoms with van der Waals surface area (Å²) in [5.41, 5.74) is 0.833. The summed E-state index contributed by atoms with van der Waals surface area (Å²) in [6.07, 6.45) is 0. The Balaban J connectivity index is 2.36. The normalized spacial score (nSPS) is 19.9. The smallest absolute Gasteiger partial charge is 0.325 e. The van der Waals surface area contributed by atoms with Crippen LogP contribution in [0.2, 0.25) is 0 Å². The lowest BCUT2D eigenvalue weighted by molar-refractivity contribution is -0.146. The topological polar surface area (TPSA) is 63.7 Å². The lowest BCUT2D eigenvalue weighted by Crippen LogP contribution is -2.50. The second-order valence-electron chi connectivity index (χ2n) is 4.87. The molecule has 0 saturated carbocycles. The highest BCUT2D eigenvalue weighted by atomic mass is 79.9. The standard InChI is InChI=1S/C14H18BrNO4S2/c1-3-20-14(17)13-9-21-7-6-16(13)22(18,19)11-4-5-12(15)10(2)8-11/h4-5,8,13H,3,6-7,9H2,1-2H3. The van der Waals surface area contributed by atoms with Crippen molar-refractivity contribution in [1.82, 2.24) is 4.31 Å². The van der Waals surface area contributed by atoms with Gasteiger partial charge in [0.1, 0.15) is 6.04 Å². The molecule has 1 heterocycles. The van der Waals surface area contributed by atoms with Gasteiger partial charge in [-0.15, -0.1) is 0 Å². The van der Waals surface area contributed by atoms with Gasteiger partial charge in [-0.05, 0) is 37.6 Å². The third-order valence-electron chi connectivity index (χ3n) is 3.37. The number of halogens is 1. The van der Waals surface area contributed by atoms with Crippen LogP contribution in [0.4, 0.5) is 0 Å². The molecule has 122 valence electrons. The molecule has 22 heavy (non-hydrogen) atoms. The molecule has 1 aromatic rings. The van der Waals surface area contributed by atoms with Gasteiger partial charge in [-0.25, -0.2) is 8.42 Å². The molecule has 0 amide bonds. The van der Waals surface area contributed by atoms with Gasteiger partial charge in [0.15, 0.2) is 0 Å². The first-order valence-electron chi connectivity index (χ1n) is 6.90. The van der Waals surface area contributed by atoms with Crippen molar-refractivity contribution in [1.29, 1.82) is 0 Å². The third-order valence-corrected chi connectivity index (χ3v) is 7.19. The SMILES string of the molecule is CCOC(=O)C1CSCCN1S(=O)(=O)c1ccc(Br)c(C)c1. The van der Waals surface area contributed by atoms with E-state index >= 15 is 0 Å². The number of thioether (sulfide) groups is 1. The molecular weight excluding hydrogens is 390 g/mol. The van der Waals surface area contributed by atoms with Gasteiger partial charge in [0.05, 0.1) is 11.5 Å². The molecule has 1 saturated heterocycles. The van der Waals surface area contributed by atoms with Crippen LogP contribution in [0.1, 0.15) is 12.5 Å². The zero-order chi connectivity index (χ0) is 16.3. The first-order valence-corrected chi connectivity index (χ1v) is 10.3. The van der Waals surface area contributed by atoms with Crippen LogP contribution < -0.4 is 0 Å². The van der Waals surface area contributed by atoms with Crippen LogP contribution >= 0.6 is 27.7 Å². The lowest BCUT2D eigenvalue weighted by atomic mass is 10.2. The highest BCUT2D eigenvalue weighted by molar-refractivity contribution is 9.10. The van der Waals surface area contributed by atoms with E-state index in [1.54, 1.807) is 36.9 Å². The van der Waals surface area contributed by atoms with Crippen LogP contribution in [0.5, 0.6) is 0 Å². The third kappa shape index (κ3) is 3.67. The summed E-state index contributed by atoms with van der Waals surface area (Å²) in [5.74, 6) is 0.616. The number of ether oxygens (including phenoxy) is 1. The number of hydrogen-bond donors (Lipinski definition) is 0. The summed E-state index contributed by atoms with van der Waals surface area (Å²) in [6, 6.07) is 4.12. The fourth-order valence-corrected chi connectivity index (χ4v) is 5.37. The number of carbonyl (C=O) groups excluding carboxylic acids is 1. The van der Waals surface area contributed by atoms with E-state index in [0.29, 0.717) is 18.1 Å². The Morgan fingerprint density at radius 1 is 1.50 bits per heavy atom. The van der Waals surface area contributed by atoms with Crippen molar-refractivity contribution in [2.45, 2.75) is 24.8 Å². The molecule has 1 atom stereocenters. The summed E-state index contributed by atoms with van der Waals surface area (Å²) in [6.45, 7) is 4.10.